The van der Waals surface area contributed by atoms with Crippen LogP contribution in [0.5, 0.6) is 0 Å². The first-order valence-electron chi connectivity index (χ1n) is 10.7. The lowest BCUT2D eigenvalue weighted by molar-refractivity contribution is -0.139. The third kappa shape index (κ3) is 6.33. The summed E-state index contributed by atoms with van der Waals surface area (Å²) in [5.41, 5.74) is 0.888. The standard InChI is InChI=1S/C25H25Cl2N3O4S/c1-18(25(32)28-2)29(16-19-8-6-7-11-23(19)27)24(31)17-30(21-14-12-20(26)13-15-21)35(33,34)22-9-4-3-5-10-22/h3-15,18H,16-17H2,1-2H3,(H,28,32)/t18-/m0/s1. The number of likely N-dealkylation sites (N-methyl/N-ethyl adjacent to an activating group) is 1. The van der Waals surface area contributed by atoms with Crippen LogP contribution in [0.15, 0.2) is 83.8 Å². The Morgan fingerprint density at radius 1 is 0.914 bits per heavy atom. The van der Waals surface area contributed by atoms with E-state index in [-0.39, 0.29) is 17.1 Å². The second kappa shape index (κ2) is 11.6. The summed E-state index contributed by atoms with van der Waals surface area (Å²) >= 11 is 12.3. The van der Waals surface area contributed by atoms with Crippen LogP contribution >= 0.6 is 23.2 Å². The van der Waals surface area contributed by atoms with E-state index in [0.717, 1.165) is 4.31 Å². The van der Waals surface area contributed by atoms with Gasteiger partial charge in [-0.3, -0.25) is 13.9 Å². The van der Waals surface area contributed by atoms with E-state index in [2.05, 4.69) is 5.32 Å². The number of carbonyl (C=O) groups is 2. The highest BCUT2D eigenvalue weighted by Crippen LogP contribution is 2.26. The van der Waals surface area contributed by atoms with Crippen molar-refractivity contribution in [3.8, 4) is 0 Å². The zero-order valence-corrected chi connectivity index (χ0v) is 21.5. The van der Waals surface area contributed by atoms with E-state index in [9.17, 15) is 18.0 Å². The average Bonchev–Trinajstić information content (AvgIpc) is 2.86. The molecule has 0 unspecified atom stereocenters. The molecule has 0 aliphatic rings. The predicted octanol–water partition coefficient (Wildman–Crippen LogP) is 4.35. The maximum absolute atomic E-state index is 13.6. The Bertz CT molecular complexity index is 1290. The largest absolute Gasteiger partial charge is 0.357 e. The Labute approximate surface area is 215 Å². The van der Waals surface area contributed by atoms with Crippen molar-refractivity contribution >= 4 is 50.7 Å². The summed E-state index contributed by atoms with van der Waals surface area (Å²) in [4.78, 5) is 27.4. The molecule has 0 radical (unpaired) electrons. The van der Waals surface area contributed by atoms with E-state index in [1.807, 2.05) is 0 Å². The van der Waals surface area contributed by atoms with Crippen LogP contribution in [0.25, 0.3) is 0 Å². The van der Waals surface area contributed by atoms with Crippen molar-refractivity contribution < 1.29 is 18.0 Å². The first kappa shape index (κ1) is 26.5. The summed E-state index contributed by atoms with van der Waals surface area (Å²) in [6.07, 6.45) is 0. The summed E-state index contributed by atoms with van der Waals surface area (Å²) in [5.74, 6) is -0.968. The molecule has 0 aromatic heterocycles. The van der Waals surface area contributed by atoms with Gasteiger partial charge in [0.2, 0.25) is 11.8 Å². The molecule has 184 valence electrons. The zero-order valence-electron chi connectivity index (χ0n) is 19.2. The average molecular weight is 534 g/mol. The van der Waals surface area contributed by atoms with E-state index in [1.165, 1.54) is 36.2 Å². The minimum Gasteiger partial charge on any atom is -0.357 e. The third-order valence-electron chi connectivity index (χ3n) is 5.44. The first-order valence-corrected chi connectivity index (χ1v) is 12.9. The van der Waals surface area contributed by atoms with Crippen molar-refractivity contribution in [2.24, 2.45) is 0 Å². The van der Waals surface area contributed by atoms with Crippen molar-refractivity contribution in [1.29, 1.82) is 0 Å². The molecule has 1 atom stereocenters. The second-order valence-electron chi connectivity index (χ2n) is 7.70. The number of sulfonamides is 1. The number of nitrogens with zero attached hydrogens (tertiary/aromatic N) is 2. The molecule has 3 aromatic carbocycles. The van der Waals surface area contributed by atoms with Crippen molar-refractivity contribution in [1.82, 2.24) is 10.2 Å². The second-order valence-corrected chi connectivity index (χ2v) is 10.4. The van der Waals surface area contributed by atoms with Crippen molar-refractivity contribution in [3.05, 3.63) is 94.5 Å². The lowest BCUT2D eigenvalue weighted by Crippen LogP contribution is -2.50. The molecule has 3 aromatic rings. The predicted molar refractivity (Wildman–Crippen MR) is 138 cm³/mol. The fourth-order valence-corrected chi connectivity index (χ4v) is 5.21. The summed E-state index contributed by atoms with van der Waals surface area (Å²) in [7, 11) is -2.64. The van der Waals surface area contributed by atoms with E-state index in [4.69, 9.17) is 23.2 Å². The van der Waals surface area contributed by atoms with Gasteiger partial charge in [0.15, 0.2) is 0 Å². The van der Waals surface area contributed by atoms with Gasteiger partial charge in [0.05, 0.1) is 10.6 Å². The molecule has 0 saturated heterocycles. The molecule has 0 aliphatic heterocycles. The number of halogens is 2. The maximum Gasteiger partial charge on any atom is 0.264 e. The van der Waals surface area contributed by atoms with Crippen LogP contribution in [0.1, 0.15) is 12.5 Å². The van der Waals surface area contributed by atoms with Gasteiger partial charge in [0.1, 0.15) is 12.6 Å². The molecule has 0 heterocycles. The van der Waals surface area contributed by atoms with Gasteiger partial charge in [-0.25, -0.2) is 8.42 Å². The number of anilines is 1. The highest BCUT2D eigenvalue weighted by atomic mass is 35.5. The van der Waals surface area contributed by atoms with Crippen molar-refractivity contribution in [3.63, 3.8) is 0 Å². The minimum absolute atomic E-state index is 0.0208. The third-order valence-corrected chi connectivity index (χ3v) is 7.85. The number of amides is 2. The Balaban J connectivity index is 2.02. The Hall–Kier alpha value is -3.07. The highest BCUT2D eigenvalue weighted by molar-refractivity contribution is 7.92. The van der Waals surface area contributed by atoms with Crippen molar-refractivity contribution in [2.75, 3.05) is 17.9 Å². The fourth-order valence-electron chi connectivity index (χ4n) is 3.46. The fraction of sp³-hybridized carbons (Fsp3) is 0.200. The van der Waals surface area contributed by atoms with Crippen LogP contribution in [-0.2, 0) is 26.2 Å². The number of hydrogen-bond acceptors (Lipinski definition) is 4. The summed E-state index contributed by atoms with van der Waals surface area (Å²) < 4.78 is 28.2. The van der Waals surface area contributed by atoms with Gasteiger partial charge in [-0.2, -0.15) is 0 Å². The van der Waals surface area contributed by atoms with Crippen molar-refractivity contribution in [2.45, 2.75) is 24.4 Å². The van der Waals surface area contributed by atoms with E-state index in [1.54, 1.807) is 61.5 Å². The molecule has 0 saturated carbocycles. The lowest BCUT2D eigenvalue weighted by Gasteiger charge is -2.32. The molecule has 1 N–H and O–H groups in total. The Morgan fingerprint density at radius 3 is 2.11 bits per heavy atom. The van der Waals surface area contributed by atoms with E-state index in [0.29, 0.717) is 15.6 Å². The van der Waals surface area contributed by atoms with Gasteiger partial charge in [-0.15, -0.1) is 0 Å². The van der Waals surface area contributed by atoms with Crippen LogP contribution in [-0.4, -0.2) is 44.8 Å². The Morgan fingerprint density at radius 2 is 1.51 bits per heavy atom. The molecule has 0 spiro atoms. The van der Waals surface area contributed by atoms with Crippen LogP contribution in [0.4, 0.5) is 5.69 Å². The van der Waals surface area contributed by atoms with Gasteiger partial charge in [0, 0.05) is 23.6 Å². The van der Waals surface area contributed by atoms with E-state index < -0.39 is 34.4 Å². The molecule has 0 aliphatic carbocycles. The Kier molecular flexibility index (Phi) is 8.77. The summed E-state index contributed by atoms with van der Waals surface area (Å²) in [6, 6.07) is 20.0. The van der Waals surface area contributed by atoms with Gasteiger partial charge in [-0.05, 0) is 55.0 Å². The number of hydrogen-bond donors (Lipinski definition) is 1. The minimum atomic E-state index is -4.11. The molecule has 3 rings (SSSR count). The number of nitrogens with one attached hydrogen (secondary N) is 1. The normalized spacial score (nSPS) is 12.0. The lowest BCUT2D eigenvalue weighted by atomic mass is 10.1. The quantitative estimate of drug-likeness (QED) is 0.442. The molecule has 35 heavy (non-hydrogen) atoms. The van der Waals surface area contributed by atoms with Gasteiger partial charge >= 0.3 is 0 Å². The summed E-state index contributed by atoms with van der Waals surface area (Å²) in [5, 5.41) is 3.39. The van der Waals surface area contributed by atoms with Gasteiger partial charge < -0.3 is 10.2 Å². The number of rotatable bonds is 9. The topological polar surface area (TPSA) is 86.8 Å². The molecular formula is C25H25Cl2N3O4S. The molecule has 10 heteroatoms. The van der Waals surface area contributed by atoms with Crippen LogP contribution < -0.4 is 9.62 Å². The van der Waals surface area contributed by atoms with Gasteiger partial charge in [0.25, 0.3) is 10.0 Å². The smallest absolute Gasteiger partial charge is 0.264 e. The van der Waals surface area contributed by atoms with Crippen LogP contribution in [0, 0.1) is 0 Å². The summed E-state index contributed by atoms with van der Waals surface area (Å²) in [6.45, 7) is 1.06. The maximum atomic E-state index is 13.6. The van der Waals surface area contributed by atoms with Gasteiger partial charge in [-0.1, -0.05) is 59.6 Å². The molecule has 0 fully saturated rings. The van der Waals surface area contributed by atoms with E-state index >= 15 is 0 Å². The molecule has 7 nitrogen and oxygen atoms in total. The molecule has 0 bridgehead atoms. The number of carbonyl (C=O) groups excluding carboxylic acids is 2. The molecule has 2 amide bonds. The van der Waals surface area contributed by atoms with Crippen LogP contribution in [0.2, 0.25) is 10.0 Å². The number of benzene rings is 3. The SMILES string of the molecule is CNC(=O)[C@H](C)N(Cc1ccccc1Cl)C(=O)CN(c1ccc(Cl)cc1)S(=O)(=O)c1ccccc1. The molecular weight excluding hydrogens is 509 g/mol. The monoisotopic (exact) mass is 533 g/mol. The first-order chi connectivity index (χ1) is 16.6. The highest BCUT2D eigenvalue weighted by Gasteiger charge is 2.32. The van der Waals surface area contributed by atoms with Crippen LogP contribution in [0.3, 0.4) is 0 Å². The zero-order chi connectivity index (χ0) is 25.6.